The van der Waals surface area contributed by atoms with Gasteiger partial charge in [-0.3, -0.25) is 9.89 Å². The highest BCUT2D eigenvalue weighted by atomic mass is 19.4. The summed E-state index contributed by atoms with van der Waals surface area (Å²) in [5, 5.41) is 0. The fourth-order valence-electron chi connectivity index (χ4n) is 2.88. The number of alkyl halides is 6. The zero-order valence-corrected chi connectivity index (χ0v) is 19.4. The lowest BCUT2D eigenvalue weighted by atomic mass is 9.98. The molecule has 0 fully saturated rings. The van der Waals surface area contributed by atoms with Gasteiger partial charge in [0.2, 0.25) is 0 Å². The molecule has 0 aromatic heterocycles. The van der Waals surface area contributed by atoms with Gasteiger partial charge in [0.25, 0.3) is 0 Å². The number of carbonyl (C=O) groups excluding carboxylic acids is 1. The van der Waals surface area contributed by atoms with Crippen molar-refractivity contribution >= 4 is 23.6 Å². The van der Waals surface area contributed by atoms with Crippen LogP contribution in [0, 0.1) is 5.82 Å². The van der Waals surface area contributed by atoms with Gasteiger partial charge in [-0.1, -0.05) is 0 Å². The van der Waals surface area contributed by atoms with Crippen LogP contribution >= 0.6 is 0 Å². The predicted molar refractivity (Wildman–Crippen MR) is 121 cm³/mol. The standard InChI is InChI=1S/C23H23F7N4O2/c1-33(2)9-8-32-13-14(12-31)18-10-15(22(25,26)27)11-19(23(28,29)30)20(18)36-21(35)34(3)17-6-4-16(24)5-7-17/h4-7,10-13H,8-9,31H2,1-3H3. The van der Waals surface area contributed by atoms with E-state index >= 15 is 0 Å². The molecule has 0 heterocycles. The van der Waals surface area contributed by atoms with Crippen molar-refractivity contribution < 1.29 is 40.3 Å². The quantitative estimate of drug-likeness (QED) is 0.391. The average molecular weight is 520 g/mol. The monoisotopic (exact) mass is 520 g/mol. The van der Waals surface area contributed by atoms with Gasteiger partial charge < -0.3 is 15.4 Å². The maximum atomic E-state index is 13.9. The van der Waals surface area contributed by atoms with Gasteiger partial charge in [0.1, 0.15) is 5.82 Å². The number of aliphatic imine (C=N–C) groups is 1. The Hall–Kier alpha value is -3.61. The van der Waals surface area contributed by atoms with E-state index in [-0.39, 0.29) is 23.9 Å². The molecule has 2 N–H and O–H groups in total. The molecule has 2 aromatic rings. The Balaban J connectivity index is 2.65. The molecule has 2 aromatic carbocycles. The number of allylic oxidation sites excluding steroid dienone is 1. The number of ether oxygens (including phenoxy) is 1. The van der Waals surface area contributed by atoms with Crippen molar-refractivity contribution in [2.75, 3.05) is 39.1 Å². The molecule has 0 atom stereocenters. The molecule has 2 rings (SSSR count). The molecule has 1 amide bonds. The number of nitrogens with zero attached hydrogens (tertiary/aromatic N) is 3. The van der Waals surface area contributed by atoms with Gasteiger partial charge in [0, 0.05) is 42.8 Å². The second-order valence-corrected chi connectivity index (χ2v) is 7.76. The predicted octanol–water partition coefficient (Wildman–Crippen LogP) is 5.43. The number of benzene rings is 2. The molecule has 36 heavy (non-hydrogen) atoms. The largest absolute Gasteiger partial charge is 0.420 e. The number of halogens is 7. The van der Waals surface area contributed by atoms with Crippen molar-refractivity contribution in [2.45, 2.75) is 12.4 Å². The maximum Gasteiger partial charge on any atom is 0.420 e. The van der Waals surface area contributed by atoms with Crippen LogP contribution in [-0.4, -0.2) is 51.4 Å². The number of carbonyl (C=O) groups is 1. The summed E-state index contributed by atoms with van der Waals surface area (Å²) in [7, 11) is 4.62. The fourth-order valence-corrected chi connectivity index (χ4v) is 2.88. The zero-order valence-electron chi connectivity index (χ0n) is 19.4. The second kappa shape index (κ2) is 11.4. The van der Waals surface area contributed by atoms with E-state index in [1.54, 1.807) is 19.0 Å². The van der Waals surface area contributed by atoms with Gasteiger partial charge in [-0.15, -0.1) is 0 Å². The van der Waals surface area contributed by atoms with E-state index in [4.69, 9.17) is 10.5 Å². The van der Waals surface area contributed by atoms with Crippen molar-refractivity contribution in [3.63, 3.8) is 0 Å². The van der Waals surface area contributed by atoms with Crippen molar-refractivity contribution in [3.8, 4) is 5.75 Å². The Morgan fingerprint density at radius 2 is 1.64 bits per heavy atom. The number of rotatable bonds is 7. The lowest BCUT2D eigenvalue weighted by Gasteiger charge is -2.22. The Kier molecular flexibility index (Phi) is 9.08. The van der Waals surface area contributed by atoms with Gasteiger partial charge in [0.05, 0.1) is 17.7 Å². The molecular formula is C23H23F7N4O2. The minimum Gasteiger partial charge on any atom is -0.409 e. The van der Waals surface area contributed by atoms with E-state index in [1.165, 1.54) is 0 Å². The van der Waals surface area contributed by atoms with Gasteiger partial charge in [-0.2, -0.15) is 26.3 Å². The van der Waals surface area contributed by atoms with E-state index in [0.29, 0.717) is 12.6 Å². The lowest BCUT2D eigenvalue weighted by molar-refractivity contribution is -0.143. The van der Waals surface area contributed by atoms with Crippen LogP contribution in [-0.2, 0) is 12.4 Å². The molecule has 0 unspecified atom stereocenters. The minimum absolute atomic E-state index is 0.0586. The minimum atomic E-state index is -5.33. The smallest absolute Gasteiger partial charge is 0.409 e. The Bertz CT molecular complexity index is 1130. The van der Waals surface area contributed by atoms with Gasteiger partial charge in [0.15, 0.2) is 5.75 Å². The van der Waals surface area contributed by atoms with Crippen LogP contribution in [0.3, 0.4) is 0 Å². The van der Waals surface area contributed by atoms with Gasteiger partial charge in [-0.05, 0) is 50.5 Å². The Labute approximate surface area is 202 Å². The summed E-state index contributed by atoms with van der Waals surface area (Å²) >= 11 is 0. The van der Waals surface area contributed by atoms with Crippen molar-refractivity contribution in [1.29, 1.82) is 0 Å². The highest BCUT2D eigenvalue weighted by Crippen LogP contribution is 2.44. The van der Waals surface area contributed by atoms with Crippen molar-refractivity contribution in [2.24, 2.45) is 10.7 Å². The van der Waals surface area contributed by atoms with Crippen LogP contribution in [0.1, 0.15) is 16.7 Å². The molecule has 196 valence electrons. The summed E-state index contributed by atoms with van der Waals surface area (Å²) in [6.45, 7) is 0.604. The van der Waals surface area contributed by atoms with Crippen molar-refractivity contribution in [3.05, 3.63) is 65.1 Å². The molecular weight excluding hydrogens is 497 g/mol. The topological polar surface area (TPSA) is 71.2 Å². The summed E-state index contributed by atoms with van der Waals surface area (Å²) < 4.78 is 100. The molecule has 0 spiro atoms. The fraction of sp³-hybridized carbons (Fsp3) is 0.304. The molecule has 6 nitrogen and oxygen atoms in total. The van der Waals surface area contributed by atoms with E-state index in [9.17, 15) is 35.5 Å². The SMILES string of the molecule is CN(C)CCN=CC(=CN)c1cc(C(F)(F)F)cc(C(F)(F)F)c1OC(=O)N(C)c1ccc(F)cc1. The van der Waals surface area contributed by atoms with E-state index in [2.05, 4.69) is 4.99 Å². The number of hydrogen-bond acceptors (Lipinski definition) is 5. The first-order valence-corrected chi connectivity index (χ1v) is 10.3. The molecule has 0 saturated carbocycles. The first-order valence-electron chi connectivity index (χ1n) is 10.3. The zero-order chi connectivity index (χ0) is 27.3. The highest BCUT2D eigenvalue weighted by Gasteiger charge is 2.41. The number of nitrogens with two attached hydrogens (primary N) is 1. The lowest BCUT2D eigenvalue weighted by Crippen LogP contribution is -2.30. The first-order chi connectivity index (χ1) is 16.6. The molecule has 0 radical (unpaired) electrons. The first kappa shape index (κ1) is 28.6. The summed E-state index contributed by atoms with van der Waals surface area (Å²) in [5.41, 5.74) is 1.03. The van der Waals surface area contributed by atoms with Crippen LogP contribution in [0.4, 0.5) is 41.2 Å². The third kappa shape index (κ3) is 7.44. The number of hydrogen-bond donors (Lipinski definition) is 1. The Morgan fingerprint density at radius 1 is 1.03 bits per heavy atom. The molecule has 0 aliphatic heterocycles. The van der Waals surface area contributed by atoms with Gasteiger partial charge in [-0.25, -0.2) is 9.18 Å². The number of anilines is 1. The van der Waals surface area contributed by atoms with E-state index in [1.807, 2.05) is 0 Å². The molecule has 0 bridgehead atoms. The van der Waals surface area contributed by atoms with E-state index in [0.717, 1.165) is 48.6 Å². The highest BCUT2D eigenvalue weighted by molar-refractivity contribution is 6.11. The molecule has 0 aliphatic carbocycles. The van der Waals surface area contributed by atoms with Crippen LogP contribution in [0.25, 0.3) is 5.57 Å². The summed E-state index contributed by atoms with van der Waals surface area (Å²) in [4.78, 5) is 19.2. The molecule has 0 saturated heterocycles. The molecule has 13 heteroatoms. The number of amides is 1. The van der Waals surface area contributed by atoms with E-state index < -0.39 is 46.7 Å². The molecule has 0 aliphatic rings. The van der Waals surface area contributed by atoms with Crippen LogP contribution < -0.4 is 15.4 Å². The van der Waals surface area contributed by atoms with Gasteiger partial charge >= 0.3 is 18.4 Å². The second-order valence-electron chi connectivity index (χ2n) is 7.76. The third-order valence-electron chi connectivity index (χ3n) is 4.80. The normalized spacial score (nSPS) is 12.9. The summed E-state index contributed by atoms with van der Waals surface area (Å²) in [6.07, 6.45) is -10.1. The third-order valence-corrected chi connectivity index (χ3v) is 4.80. The summed E-state index contributed by atoms with van der Waals surface area (Å²) in [5.74, 6) is -1.82. The summed E-state index contributed by atoms with van der Waals surface area (Å²) in [6, 6.07) is 4.58. The van der Waals surface area contributed by atoms with Crippen molar-refractivity contribution in [1.82, 2.24) is 4.90 Å². The van der Waals surface area contributed by atoms with Crippen LogP contribution in [0.2, 0.25) is 0 Å². The number of likely N-dealkylation sites (N-methyl/N-ethyl adjacent to an activating group) is 1. The maximum absolute atomic E-state index is 13.9. The van der Waals surface area contributed by atoms with Crippen LogP contribution in [0.5, 0.6) is 5.75 Å². The Morgan fingerprint density at radius 3 is 2.14 bits per heavy atom. The average Bonchev–Trinajstić information content (AvgIpc) is 2.77. The van der Waals surface area contributed by atoms with Crippen LogP contribution in [0.15, 0.2) is 47.6 Å².